The monoisotopic (exact) mass is 406 g/mol. The normalized spacial score (nSPS) is 15.6. The zero-order valence-corrected chi connectivity index (χ0v) is 17.2. The molecular weight excluding hydrogens is 380 g/mol. The predicted octanol–water partition coefficient (Wildman–Crippen LogP) is 2.28. The van der Waals surface area contributed by atoms with Crippen molar-refractivity contribution < 1.29 is 4.79 Å². The Balaban J connectivity index is 1.58. The van der Waals surface area contributed by atoms with Crippen molar-refractivity contribution in [1.82, 2.24) is 19.8 Å². The van der Waals surface area contributed by atoms with Crippen molar-refractivity contribution in [2.45, 2.75) is 38.8 Å². The van der Waals surface area contributed by atoms with E-state index in [0.717, 1.165) is 30.5 Å². The minimum atomic E-state index is -0.530. The molecule has 0 radical (unpaired) electrons. The summed E-state index contributed by atoms with van der Waals surface area (Å²) in [6.07, 6.45) is 1.83. The molecule has 156 valence electrons. The predicted molar refractivity (Wildman–Crippen MR) is 117 cm³/mol. The van der Waals surface area contributed by atoms with Crippen LogP contribution in [-0.4, -0.2) is 45.5 Å². The van der Waals surface area contributed by atoms with Gasteiger partial charge in [0.15, 0.2) is 0 Å². The highest BCUT2D eigenvalue weighted by Crippen LogP contribution is 2.15. The van der Waals surface area contributed by atoms with Crippen molar-refractivity contribution >= 4 is 16.8 Å². The molecule has 1 saturated heterocycles. The van der Waals surface area contributed by atoms with Gasteiger partial charge in [-0.2, -0.15) is 0 Å². The highest BCUT2D eigenvalue weighted by Gasteiger charge is 2.22. The number of aromatic amines is 1. The highest BCUT2D eigenvalue weighted by molar-refractivity contribution is 5.97. The van der Waals surface area contributed by atoms with E-state index < -0.39 is 11.2 Å². The number of carbonyl (C=O) groups is 1. The molecule has 1 aromatic heterocycles. The summed E-state index contributed by atoms with van der Waals surface area (Å²) in [5.41, 5.74) is 0.353. The summed E-state index contributed by atoms with van der Waals surface area (Å²) in [6, 6.07) is 14.2. The van der Waals surface area contributed by atoms with Crippen LogP contribution in [-0.2, 0) is 0 Å². The molecule has 0 saturated carbocycles. The highest BCUT2D eigenvalue weighted by atomic mass is 16.2. The Bertz CT molecular complexity index is 1170. The number of fused-ring (bicyclic) bond motifs is 1. The molecule has 0 atom stereocenters. The molecule has 7 heteroatoms. The van der Waals surface area contributed by atoms with Crippen LogP contribution in [0.15, 0.2) is 58.1 Å². The first-order valence-corrected chi connectivity index (χ1v) is 10.3. The van der Waals surface area contributed by atoms with E-state index in [-0.39, 0.29) is 11.9 Å². The Labute approximate surface area is 174 Å². The molecule has 3 aromatic rings. The number of carbonyl (C=O) groups excluding carboxylic acids is 1. The molecule has 2 N–H and O–H groups in total. The number of amides is 1. The second kappa shape index (κ2) is 8.28. The summed E-state index contributed by atoms with van der Waals surface area (Å²) in [5.74, 6) is -0.187. The van der Waals surface area contributed by atoms with Gasteiger partial charge in [-0.1, -0.05) is 18.2 Å². The number of piperidine rings is 1. The van der Waals surface area contributed by atoms with Gasteiger partial charge in [0, 0.05) is 30.7 Å². The zero-order valence-electron chi connectivity index (χ0n) is 17.2. The van der Waals surface area contributed by atoms with Crippen molar-refractivity contribution in [2.75, 3.05) is 13.1 Å². The number of H-pyrrole nitrogens is 1. The fourth-order valence-electron chi connectivity index (χ4n) is 4.00. The Hall–Kier alpha value is -3.19. The minimum absolute atomic E-state index is 0.133. The van der Waals surface area contributed by atoms with Gasteiger partial charge in [-0.05, 0) is 57.0 Å². The Morgan fingerprint density at radius 2 is 1.77 bits per heavy atom. The Kier molecular flexibility index (Phi) is 5.55. The second-order valence-corrected chi connectivity index (χ2v) is 8.04. The summed E-state index contributed by atoms with van der Waals surface area (Å²) >= 11 is 0. The van der Waals surface area contributed by atoms with E-state index in [2.05, 4.69) is 29.0 Å². The van der Waals surface area contributed by atoms with Gasteiger partial charge in [0.2, 0.25) is 0 Å². The van der Waals surface area contributed by atoms with Crippen LogP contribution in [0.5, 0.6) is 0 Å². The molecular formula is C23H26N4O3. The van der Waals surface area contributed by atoms with Gasteiger partial charge < -0.3 is 15.2 Å². The Morgan fingerprint density at radius 3 is 2.43 bits per heavy atom. The minimum Gasteiger partial charge on any atom is -0.349 e. The molecule has 2 heterocycles. The molecule has 2 aromatic carbocycles. The van der Waals surface area contributed by atoms with Crippen LogP contribution in [0.25, 0.3) is 16.6 Å². The fraction of sp³-hybridized carbons (Fsp3) is 0.348. The number of nitrogens with zero attached hydrogens (tertiary/aromatic N) is 2. The maximum atomic E-state index is 12.9. The molecule has 1 aliphatic rings. The summed E-state index contributed by atoms with van der Waals surface area (Å²) < 4.78 is 1.10. The lowest BCUT2D eigenvalue weighted by atomic mass is 10.0. The van der Waals surface area contributed by atoms with Gasteiger partial charge in [0.1, 0.15) is 0 Å². The van der Waals surface area contributed by atoms with Gasteiger partial charge in [-0.25, -0.2) is 9.36 Å². The summed E-state index contributed by atoms with van der Waals surface area (Å²) in [5, 5.41) is 3.45. The second-order valence-electron chi connectivity index (χ2n) is 8.04. The van der Waals surface area contributed by atoms with E-state index in [9.17, 15) is 14.4 Å². The van der Waals surface area contributed by atoms with Crippen LogP contribution in [0.4, 0.5) is 0 Å². The summed E-state index contributed by atoms with van der Waals surface area (Å²) in [4.78, 5) is 43.3. The topological polar surface area (TPSA) is 87.2 Å². The third-order valence-corrected chi connectivity index (χ3v) is 5.77. The summed E-state index contributed by atoms with van der Waals surface area (Å²) in [7, 11) is 0. The molecule has 0 unspecified atom stereocenters. The van der Waals surface area contributed by atoms with Gasteiger partial charge in [0.05, 0.1) is 16.6 Å². The molecule has 4 rings (SSSR count). The number of benzene rings is 2. The van der Waals surface area contributed by atoms with Crippen molar-refractivity contribution in [1.29, 1.82) is 0 Å². The first kappa shape index (κ1) is 20.1. The molecule has 0 bridgehead atoms. The first-order chi connectivity index (χ1) is 14.4. The lowest BCUT2D eigenvalue weighted by Crippen LogP contribution is -2.46. The number of aromatic nitrogens is 2. The van der Waals surface area contributed by atoms with Crippen molar-refractivity contribution in [3.63, 3.8) is 0 Å². The SMILES string of the molecule is CC(C)N1CCC(NC(=O)c2ccc3c(=O)n(-c4ccccc4)c(=O)[nH]c3c2)CC1. The first-order valence-electron chi connectivity index (χ1n) is 10.3. The van der Waals surface area contributed by atoms with Crippen LogP contribution in [0.1, 0.15) is 37.0 Å². The maximum Gasteiger partial charge on any atom is 0.333 e. The lowest BCUT2D eigenvalue weighted by molar-refractivity contribution is 0.0901. The van der Waals surface area contributed by atoms with Crippen molar-refractivity contribution in [2.24, 2.45) is 0 Å². The van der Waals surface area contributed by atoms with E-state index >= 15 is 0 Å². The molecule has 7 nitrogen and oxygen atoms in total. The van der Waals surface area contributed by atoms with E-state index in [0.29, 0.717) is 28.2 Å². The number of likely N-dealkylation sites (tertiary alicyclic amines) is 1. The molecule has 1 amide bonds. The number of para-hydroxylation sites is 1. The van der Waals surface area contributed by atoms with E-state index in [1.165, 1.54) is 0 Å². The van der Waals surface area contributed by atoms with Crippen LogP contribution in [0.2, 0.25) is 0 Å². The number of nitrogens with one attached hydrogen (secondary N) is 2. The molecule has 0 spiro atoms. The summed E-state index contributed by atoms with van der Waals surface area (Å²) in [6.45, 7) is 6.29. The van der Waals surface area contributed by atoms with E-state index in [1.807, 2.05) is 6.07 Å². The smallest absolute Gasteiger partial charge is 0.333 e. The average molecular weight is 406 g/mol. The van der Waals surface area contributed by atoms with Crippen LogP contribution >= 0.6 is 0 Å². The molecule has 30 heavy (non-hydrogen) atoms. The van der Waals surface area contributed by atoms with Crippen molar-refractivity contribution in [3.05, 3.63) is 74.9 Å². The molecule has 0 aliphatic carbocycles. The largest absolute Gasteiger partial charge is 0.349 e. The lowest BCUT2D eigenvalue weighted by Gasteiger charge is -2.34. The van der Waals surface area contributed by atoms with Crippen LogP contribution in [0.3, 0.4) is 0 Å². The van der Waals surface area contributed by atoms with E-state index in [4.69, 9.17) is 0 Å². The fourth-order valence-corrected chi connectivity index (χ4v) is 4.00. The van der Waals surface area contributed by atoms with Gasteiger partial charge in [-0.15, -0.1) is 0 Å². The Morgan fingerprint density at radius 1 is 1.07 bits per heavy atom. The number of hydrogen-bond acceptors (Lipinski definition) is 4. The number of hydrogen-bond donors (Lipinski definition) is 2. The number of rotatable bonds is 4. The van der Waals surface area contributed by atoms with E-state index in [1.54, 1.807) is 42.5 Å². The van der Waals surface area contributed by atoms with Crippen LogP contribution < -0.4 is 16.6 Å². The zero-order chi connectivity index (χ0) is 21.3. The quantitative estimate of drug-likeness (QED) is 0.696. The standard InChI is InChI=1S/C23H26N4O3/c1-15(2)26-12-10-17(11-13-26)24-21(28)16-8-9-19-20(14-16)25-23(30)27(22(19)29)18-6-4-3-5-7-18/h3-9,14-15,17H,10-13H2,1-2H3,(H,24,28)(H,25,30). The van der Waals surface area contributed by atoms with Crippen molar-refractivity contribution in [3.8, 4) is 5.69 Å². The molecule has 1 aliphatic heterocycles. The van der Waals surface area contributed by atoms with Gasteiger partial charge >= 0.3 is 5.69 Å². The van der Waals surface area contributed by atoms with Gasteiger partial charge in [-0.3, -0.25) is 9.59 Å². The third kappa shape index (κ3) is 3.93. The average Bonchev–Trinajstić information content (AvgIpc) is 2.74. The molecule has 1 fully saturated rings. The van der Waals surface area contributed by atoms with Crippen LogP contribution in [0, 0.1) is 0 Å². The maximum absolute atomic E-state index is 12.9. The van der Waals surface area contributed by atoms with Gasteiger partial charge in [0.25, 0.3) is 11.5 Å². The third-order valence-electron chi connectivity index (χ3n) is 5.77.